The summed E-state index contributed by atoms with van der Waals surface area (Å²) in [6.07, 6.45) is -4.94. The van der Waals surface area contributed by atoms with Gasteiger partial charge in [0.2, 0.25) is 0 Å². The van der Waals surface area contributed by atoms with Gasteiger partial charge < -0.3 is 4.90 Å². The number of halogens is 5. The van der Waals surface area contributed by atoms with Gasteiger partial charge in [0.15, 0.2) is 0 Å². The van der Waals surface area contributed by atoms with E-state index in [1.165, 1.54) is 0 Å². The molecule has 2 atom stereocenters. The largest absolute Gasteiger partial charge is 0.471 e. The lowest BCUT2D eigenvalue weighted by molar-refractivity contribution is -0.186. The average molecular weight is 355 g/mol. The minimum absolute atomic E-state index is 0.0154. The lowest BCUT2D eigenvalue weighted by atomic mass is 9.93. The number of likely N-dealkylation sites (tertiary alicyclic amines) is 1. The van der Waals surface area contributed by atoms with Crippen LogP contribution < -0.4 is 0 Å². The standard InChI is InChI=1S/C18H14F5NO/c19-13-6-7-15(20)14(9-13)12-8-16(11-4-2-1-3-5-11)24(10-12)17(25)18(21,22)23/h1-7,9,12,16H,8,10H2. The molecule has 2 unspecified atom stereocenters. The zero-order chi connectivity index (χ0) is 18.2. The van der Waals surface area contributed by atoms with Crippen LogP contribution in [0.1, 0.15) is 29.5 Å². The number of benzene rings is 2. The number of amides is 1. The third-order valence-corrected chi connectivity index (χ3v) is 4.39. The summed E-state index contributed by atoms with van der Waals surface area (Å²) in [5.74, 6) is -4.05. The van der Waals surface area contributed by atoms with Gasteiger partial charge >= 0.3 is 12.1 Å². The molecule has 0 spiro atoms. The van der Waals surface area contributed by atoms with Crippen molar-refractivity contribution < 1.29 is 26.7 Å². The van der Waals surface area contributed by atoms with Gasteiger partial charge in [-0.15, -0.1) is 0 Å². The summed E-state index contributed by atoms with van der Waals surface area (Å²) >= 11 is 0. The van der Waals surface area contributed by atoms with Crippen LogP contribution in [-0.2, 0) is 4.79 Å². The summed E-state index contributed by atoms with van der Waals surface area (Å²) in [6.45, 7) is -0.321. The third kappa shape index (κ3) is 3.50. The summed E-state index contributed by atoms with van der Waals surface area (Å²) in [6, 6.07) is 10.3. The Morgan fingerprint density at radius 2 is 1.72 bits per heavy atom. The monoisotopic (exact) mass is 355 g/mol. The molecule has 0 saturated carbocycles. The average Bonchev–Trinajstić information content (AvgIpc) is 3.01. The van der Waals surface area contributed by atoms with Crippen LogP contribution in [0.2, 0.25) is 0 Å². The third-order valence-electron chi connectivity index (χ3n) is 4.39. The normalized spacial score (nSPS) is 20.8. The zero-order valence-corrected chi connectivity index (χ0v) is 12.9. The Balaban J connectivity index is 1.98. The highest BCUT2D eigenvalue weighted by molar-refractivity contribution is 5.82. The Morgan fingerprint density at radius 1 is 1.04 bits per heavy atom. The van der Waals surface area contributed by atoms with E-state index >= 15 is 0 Å². The number of carbonyl (C=O) groups excluding carboxylic acids is 1. The molecule has 132 valence electrons. The van der Waals surface area contributed by atoms with Crippen LogP contribution in [0.25, 0.3) is 0 Å². The van der Waals surface area contributed by atoms with Crippen LogP contribution in [0.4, 0.5) is 22.0 Å². The molecule has 1 aliphatic heterocycles. The quantitative estimate of drug-likeness (QED) is 0.722. The van der Waals surface area contributed by atoms with E-state index in [2.05, 4.69) is 0 Å². The lowest BCUT2D eigenvalue weighted by Crippen LogP contribution is -2.40. The van der Waals surface area contributed by atoms with E-state index in [9.17, 15) is 26.7 Å². The predicted octanol–water partition coefficient (Wildman–Crippen LogP) is 4.58. The van der Waals surface area contributed by atoms with Crippen molar-refractivity contribution in [1.29, 1.82) is 0 Å². The molecular weight excluding hydrogens is 341 g/mol. The SMILES string of the molecule is O=C(N1CC(c2cc(F)ccc2F)CC1c1ccccc1)C(F)(F)F. The first kappa shape index (κ1) is 17.4. The van der Waals surface area contributed by atoms with Crippen LogP contribution in [0.5, 0.6) is 0 Å². The maximum absolute atomic E-state index is 14.0. The molecule has 0 radical (unpaired) electrons. The Hall–Kier alpha value is -2.44. The van der Waals surface area contributed by atoms with E-state index in [4.69, 9.17) is 0 Å². The summed E-state index contributed by atoms with van der Waals surface area (Å²) in [5, 5.41) is 0. The number of nitrogens with zero attached hydrogens (tertiary/aromatic N) is 1. The molecule has 3 rings (SSSR count). The molecule has 2 aromatic rings. The van der Waals surface area contributed by atoms with E-state index < -0.39 is 35.7 Å². The number of hydrogen-bond acceptors (Lipinski definition) is 1. The van der Waals surface area contributed by atoms with Crippen molar-refractivity contribution in [2.45, 2.75) is 24.6 Å². The second-order valence-electron chi connectivity index (χ2n) is 5.98. The van der Waals surface area contributed by atoms with Crippen molar-refractivity contribution in [1.82, 2.24) is 4.90 Å². The second kappa shape index (κ2) is 6.46. The van der Waals surface area contributed by atoms with Gasteiger partial charge in [0.1, 0.15) is 11.6 Å². The number of hydrogen-bond donors (Lipinski definition) is 0. The van der Waals surface area contributed by atoms with E-state index in [0.29, 0.717) is 10.5 Å². The highest BCUT2D eigenvalue weighted by Gasteiger charge is 2.48. The Bertz CT molecular complexity index is 775. The fourth-order valence-electron chi connectivity index (χ4n) is 3.27. The summed E-state index contributed by atoms with van der Waals surface area (Å²) in [4.78, 5) is 12.5. The molecule has 0 aromatic heterocycles. The van der Waals surface area contributed by atoms with Gasteiger partial charge in [-0.3, -0.25) is 4.79 Å². The molecule has 2 aromatic carbocycles. The van der Waals surface area contributed by atoms with E-state index in [1.807, 2.05) is 0 Å². The minimum Gasteiger partial charge on any atom is -0.327 e. The van der Waals surface area contributed by atoms with Gasteiger partial charge in [-0.1, -0.05) is 30.3 Å². The molecule has 0 bridgehead atoms. The van der Waals surface area contributed by atoms with Gasteiger partial charge in [-0.2, -0.15) is 13.2 Å². The van der Waals surface area contributed by atoms with Crippen LogP contribution in [0, 0.1) is 11.6 Å². The molecule has 0 N–H and O–H groups in total. The molecule has 25 heavy (non-hydrogen) atoms. The molecule has 1 saturated heterocycles. The van der Waals surface area contributed by atoms with Crippen LogP contribution in [0.3, 0.4) is 0 Å². The first-order valence-corrected chi connectivity index (χ1v) is 7.65. The van der Waals surface area contributed by atoms with Gasteiger partial charge in [-0.25, -0.2) is 8.78 Å². The molecular formula is C18H14F5NO. The van der Waals surface area contributed by atoms with Gasteiger partial charge in [0, 0.05) is 12.5 Å². The number of alkyl halides is 3. The van der Waals surface area contributed by atoms with E-state index in [1.54, 1.807) is 30.3 Å². The molecule has 0 aliphatic carbocycles. The molecule has 1 heterocycles. The minimum atomic E-state index is -5.03. The first-order valence-electron chi connectivity index (χ1n) is 7.65. The van der Waals surface area contributed by atoms with Crippen molar-refractivity contribution in [3.8, 4) is 0 Å². The van der Waals surface area contributed by atoms with Crippen LogP contribution in [-0.4, -0.2) is 23.5 Å². The topological polar surface area (TPSA) is 20.3 Å². The highest BCUT2D eigenvalue weighted by atomic mass is 19.4. The fraction of sp³-hybridized carbons (Fsp3) is 0.278. The predicted molar refractivity (Wildman–Crippen MR) is 80.7 cm³/mol. The van der Waals surface area contributed by atoms with E-state index in [-0.39, 0.29) is 18.5 Å². The Morgan fingerprint density at radius 3 is 2.36 bits per heavy atom. The van der Waals surface area contributed by atoms with Crippen LogP contribution in [0.15, 0.2) is 48.5 Å². The second-order valence-corrected chi connectivity index (χ2v) is 5.98. The maximum Gasteiger partial charge on any atom is 0.471 e. The molecule has 1 fully saturated rings. The lowest BCUT2D eigenvalue weighted by Gasteiger charge is -2.25. The van der Waals surface area contributed by atoms with Gasteiger partial charge in [0.05, 0.1) is 6.04 Å². The first-order chi connectivity index (χ1) is 11.8. The Kier molecular flexibility index (Phi) is 4.49. The van der Waals surface area contributed by atoms with E-state index in [0.717, 1.165) is 18.2 Å². The van der Waals surface area contributed by atoms with Gasteiger partial charge in [-0.05, 0) is 35.7 Å². The summed E-state index contributed by atoms with van der Waals surface area (Å²) < 4.78 is 66.3. The highest BCUT2D eigenvalue weighted by Crippen LogP contribution is 2.43. The summed E-state index contributed by atoms with van der Waals surface area (Å²) in [7, 11) is 0. The van der Waals surface area contributed by atoms with Crippen molar-refractivity contribution >= 4 is 5.91 Å². The van der Waals surface area contributed by atoms with Gasteiger partial charge in [0.25, 0.3) is 0 Å². The van der Waals surface area contributed by atoms with Crippen molar-refractivity contribution in [3.05, 3.63) is 71.3 Å². The Labute approximate surface area is 140 Å². The van der Waals surface area contributed by atoms with Crippen molar-refractivity contribution in [2.24, 2.45) is 0 Å². The number of carbonyl (C=O) groups is 1. The number of rotatable bonds is 2. The van der Waals surface area contributed by atoms with Crippen LogP contribution >= 0.6 is 0 Å². The molecule has 2 nitrogen and oxygen atoms in total. The zero-order valence-electron chi connectivity index (χ0n) is 12.9. The molecule has 1 aliphatic rings. The smallest absolute Gasteiger partial charge is 0.327 e. The summed E-state index contributed by atoms with van der Waals surface area (Å²) in [5.41, 5.74) is 0.512. The molecule has 1 amide bonds. The van der Waals surface area contributed by atoms with Crippen molar-refractivity contribution in [3.63, 3.8) is 0 Å². The maximum atomic E-state index is 14.0. The molecule has 7 heteroatoms. The fourth-order valence-corrected chi connectivity index (χ4v) is 3.27. The van der Waals surface area contributed by atoms with Crippen molar-refractivity contribution in [2.75, 3.05) is 6.54 Å².